The predicted molar refractivity (Wildman–Crippen MR) is 52.7 cm³/mol. The van der Waals surface area contributed by atoms with Gasteiger partial charge in [-0.05, 0) is 24.6 Å². The second kappa shape index (κ2) is 5.41. The number of rotatable bonds is 6. The van der Waals surface area contributed by atoms with Crippen molar-refractivity contribution in [1.29, 1.82) is 0 Å². The first-order chi connectivity index (χ1) is 6.70. The lowest BCUT2D eigenvalue weighted by molar-refractivity contribution is -0.138. The Morgan fingerprint density at radius 2 is 2.50 bits per heavy atom. The Kier molecular flexibility index (Phi) is 4.15. The van der Waals surface area contributed by atoms with Crippen molar-refractivity contribution in [2.24, 2.45) is 5.73 Å². The highest BCUT2D eigenvalue weighted by Crippen LogP contribution is 1.95. The molecule has 1 aromatic heterocycles. The fourth-order valence-electron chi connectivity index (χ4n) is 1.08. The Balaban J connectivity index is 2.08. The van der Waals surface area contributed by atoms with Crippen molar-refractivity contribution < 1.29 is 9.90 Å². The molecule has 1 unspecified atom stereocenters. The molecule has 0 saturated carbocycles. The van der Waals surface area contributed by atoms with Crippen LogP contribution in [0.3, 0.4) is 0 Å². The van der Waals surface area contributed by atoms with Crippen molar-refractivity contribution in [2.75, 3.05) is 6.54 Å². The molecule has 1 atom stereocenters. The first-order valence-corrected chi connectivity index (χ1v) is 4.51. The van der Waals surface area contributed by atoms with Crippen LogP contribution in [0.1, 0.15) is 12.0 Å². The minimum atomic E-state index is -0.951. The van der Waals surface area contributed by atoms with E-state index in [9.17, 15) is 4.79 Å². The summed E-state index contributed by atoms with van der Waals surface area (Å²) in [7, 11) is 0. The monoisotopic (exact) mass is 197 g/mol. The summed E-state index contributed by atoms with van der Waals surface area (Å²) in [5.41, 5.74) is 6.48. The molecule has 0 saturated heterocycles. The highest BCUT2D eigenvalue weighted by atomic mass is 16.4. The number of hydrogen-bond donors (Lipinski definition) is 4. The minimum Gasteiger partial charge on any atom is -0.480 e. The van der Waals surface area contributed by atoms with Crippen LogP contribution in [0.4, 0.5) is 0 Å². The number of nitrogens with one attached hydrogen (secondary N) is 2. The van der Waals surface area contributed by atoms with Crippen LogP contribution in [0.5, 0.6) is 0 Å². The van der Waals surface area contributed by atoms with E-state index in [1.807, 2.05) is 18.5 Å². The molecule has 1 heterocycles. The van der Waals surface area contributed by atoms with E-state index in [0.29, 0.717) is 13.0 Å². The number of aliphatic carboxylic acids is 1. The Morgan fingerprint density at radius 3 is 3.07 bits per heavy atom. The third-order valence-corrected chi connectivity index (χ3v) is 1.94. The third-order valence-electron chi connectivity index (χ3n) is 1.94. The molecule has 0 amide bonds. The molecule has 0 aliphatic rings. The average molecular weight is 197 g/mol. The highest BCUT2D eigenvalue weighted by Gasteiger charge is 2.09. The lowest BCUT2D eigenvalue weighted by Crippen LogP contribution is -2.33. The van der Waals surface area contributed by atoms with Crippen LogP contribution < -0.4 is 11.1 Å². The third kappa shape index (κ3) is 3.59. The zero-order valence-electron chi connectivity index (χ0n) is 7.86. The number of nitrogens with two attached hydrogens (primary N) is 1. The Labute approximate surface area is 82.3 Å². The Morgan fingerprint density at radius 1 is 1.71 bits per heavy atom. The lowest BCUT2D eigenvalue weighted by Gasteiger charge is -2.06. The van der Waals surface area contributed by atoms with E-state index in [1.165, 1.54) is 0 Å². The fraction of sp³-hybridized carbons (Fsp3) is 0.444. The number of H-pyrrole nitrogens is 1. The predicted octanol–water partition coefficient (Wildman–Crippen LogP) is -0.0937. The molecule has 5 heteroatoms. The zero-order valence-corrected chi connectivity index (χ0v) is 7.86. The van der Waals surface area contributed by atoms with Crippen LogP contribution in [0.15, 0.2) is 18.5 Å². The van der Waals surface area contributed by atoms with Crippen LogP contribution in [0.25, 0.3) is 0 Å². The van der Waals surface area contributed by atoms with Gasteiger partial charge in [0.25, 0.3) is 0 Å². The second-order valence-electron chi connectivity index (χ2n) is 3.13. The van der Waals surface area contributed by atoms with Crippen LogP contribution in [0.2, 0.25) is 0 Å². The number of hydrogen-bond acceptors (Lipinski definition) is 3. The van der Waals surface area contributed by atoms with E-state index in [1.54, 1.807) is 0 Å². The summed E-state index contributed by atoms with van der Waals surface area (Å²) in [6.45, 7) is 1.34. The summed E-state index contributed by atoms with van der Waals surface area (Å²) >= 11 is 0. The summed E-state index contributed by atoms with van der Waals surface area (Å²) in [6.07, 6.45) is 4.18. The maximum absolute atomic E-state index is 10.4. The molecule has 1 aromatic rings. The van der Waals surface area contributed by atoms with E-state index in [4.69, 9.17) is 10.8 Å². The van der Waals surface area contributed by atoms with Gasteiger partial charge in [-0.25, -0.2) is 0 Å². The molecule has 0 bridgehead atoms. The van der Waals surface area contributed by atoms with Crippen molar-refractivity contribution in [1.82, 2.24) is 10.3 Å². The summed E-state index contributed by atoms with van der Waals surface area (Å²) < 4.78 is 0. The summed E-state index contributed by atoms with van der Waals surface area (Å²) in [5, 5.41) is 11.6. The first-order valence-electron chi connectivity index (χ1n) is 4.51. The van der Waals surface area contributed by atoms with Gasteiger partial charge in [-0.2, -0.15) is 0 Å². The topological polar surface area (TPSA) is 91.1 Å². The number of aromatic nitrogens is 1. The van der Waals surface area contributed by atoms with E-state index < -0.39 is 12.0 Å². The maximum Gasteiger partial charge on any atom is 0.320 e. The molecule has 14 heavy (non-hydrogen) atoms. The summed E-state index contributed by atoms with van der Waals surface area (Å²) in [5.74, 6) is -0.951. The normalized spacial score (nSPS) is 12.6. The van der Waals surface area contributed by atoms with Gasteiger partial charge < -0.3 is 21.1 Å². The van der Waals surface area contributed by atoms with Crippen LogP contribution in [-0.2, 0) is 11.3 Å². The molecule has 5 nitrogen and oxygen atoms in total. The molecular weight excluding hydrogens is 182 g/mol. The molecule has 5 N–H and O–H groups in total. The van der Waals surface area contributed by atoms with Gasteiger partial charge in [0.2, 0.25) is 0 Å². The summed E-state index contributed by atoms with van der Waals surface area (Å²) in [4.78, 5) is 13.3. The van der Waals surface area contributed by atoms with Gasteiger partial charge in [-0.3, -0.25) is 4.79 Å². The van der Waals surface area contributed by atoms with Crippen molar-refractivity contribution >= 4 is 5.97 Å². The van der Waals surface area contributed by atoms with Crippen molar-refractivity contribution in [2.45, 2.75) is 19.0 Å². The number of carbonyl (C=O) groups is 1. The zero-order chi connectivity index (χ0) is 10.4. The minimum absolute atomic E-state index is 0.444. The van der Waals surface area contributed by atoms with Gasteiger partial charge in [0.05, 0.1) is 0 Å². The van der Waals surface area contributed by atoms with Gasteiger partial charge >= 0.3 is 5.97 Å². The highest BCUT2D eigenvalue weighted by molar-refractivity contribution is 5.72. The average Bonchev–Trinajstić information content (AvgIpc) is 2.64. The van der Waals surface area contributed by atoms with Gasteiger partial charge in [0.1, 0.15) is 6.04 Å². The molecule has 78 valence electrons. The van der Waals surface area contributed by atoms with Crippen LogP contribution in [0, 0.1) is 0 Å². The lowest BCUT2D eigenvalue weighted by atomic mass is 10.2. The first kappa shape index (κ1) is 10.7. The molecule has 0 spiro atoms. The summed E-state index contributed by atoms with van der Waals surface area (Å²) in [6, 6.07) is 1.19. The largest absolute Gasteiger partial charge is 0.480 e. The van der Waals surface area contributed by atoms with Gasteiger partial charge in [-0.1, -0.05) is 0 Å². The number of carboxylic acids is 1. The van der Waals surface area contributed by atoms with E-state index >= 15 is 0 Å². The molecule has 0 aliphatic heterocycles. The standard InChI is InChI=1S/C9H15N3O2/c10-8(9(13)14)2-4-12-6-7-1-3-11-5-7/h1,3,5,8,11-12H,2,4,6,10H2,(H,13,14). The second-order valence-corrected chi connectivity index (χ2v) is 3.13. The quantitative estimate of drug-likeness (QED) is 0.479. The molecular formula is C9H15N3O2. The fourth-order valence-corrected chi connectivity index (χ4v) is 1.08. The van der Waals surface area contributed by atoms with Crippen molar-refractivity contribution in [3.8, 4) is 0 Å². The van der Waals surface area contributed by atoms with Gasteiger partial charge in [0.15, 0.2) is 0 Å². The van der Waals surface area contributed by atoms with E-state index in [0.717, 1.165) is 12.1 Å². The smallest absolute Gasteiger partial charge is 0.320 e. The number of carboxylic acid groups (broad SMARTS) is 1. The van der Waals surface area contributed by atoms with E-state index in [-0.39, 0.29) is 0 Å². The SMILES string of the molecule is NC(CCNCc1cc[nH]c1)C(=O)O. The Bertz CT molecular complexity index is 272. The molecule has 0 radical (unpaired) electrons. The van der Waals surface area contributed by atoms with Crippen molar-refractivity contribution in [3.63, 3.8) is 0 Å². The maximum atomic E-state index is 10.4. The Hall–Kier alpha value is -1.33. The van der Waals surface area contributed by atoms with Crippen LogP contribution >= 0.6 is 0 Å². The molecule has 0 aromatic carbocycles. The van der Waals surface area contributed by atoms with Crippen molar-refractivity contribution in [3.05, 3.63) is 24.0 Å². The van der Waals surface area contributed by atoms with E-state index in [2.05, 4.69) is 10.3 Å². The van der Waals surface area contributed by atoms with Gasteiger partial charge in [-0.15, -0.1) is 0 Å². The molecule has 0 aliphatic carbocycles. The van der Waals surface area contributed by atoms with Crippen LogP contribution in [-0.4, -0.2) is 28.6 Å². The molecule has 0 fully saturated rings. The molecule has 1 rings (SSSR count). The van der Waals surface area contributed by atoms with Gasteiger partial charge in [0, 0.05) is 18.9 Å². The number of aromatic amines is 1.